The van der Waals surface area contributed by atoms with E-state index in [0.717, 1.165) is 0 Å². The van der Waals surface area contributed by atoms with Gasteiger partial charge in [-0.15, -0.1) is 0 Å². The molecule has 0 fully saturated rings. The van der Waals surface area contributed by atoms with Gasteiger partial charge in [0.15, 0.2) is 19.0 Å². The second kappa shape index (κ2) is 7.69. The summed E-state index contributed by atoms with van der Waals surface area (Å²) in [5, 5.41) is 5.20. The monoisotopic (exact) mass is 368 g/mol. The molecule has 0 aromatic heterocycles. The molecule has 2 aromatic rings. The van der Waals surface area contributed by atoms with Crippen LogP contribution in [0.25, 0.3) is 0 Å². The summed E-state index contributed by atoms with van der Waals surface area (Å²) in [6, 6.07) is 10.7. The van der Waals surface area contributed by atoms with Gasteiger partial charge in [0.05, 0.1) is 11.3 Å². The van der Waals surface area contributed by atoms with Crippen LogP contribution in [0.4, 0.5) is 11.4 Å². The van der Waals surface area contributed by atoms with E-state index in [-0.39, 0.29) is 29.5 Å². The Morgan fingerprint density at radius 3 is 2.52 bits per heavy atom. The topological polar surface area (TPSA) is 111 Å². The minimum Gasteiger partial charge on any atom is -0.482 e. The summed E-state index contributed by atoms with van der Waals surface area (Å²) in [5.41, 5.74) is 1.49. The maximum atomic E-state index is 12.2. The van der Waals surface area contributed by atoms with E-state index < -0.39 is 18.4 Å². The quantitative estimate of drug-likeness (QED) is 0.617. The van der Waals surface area contributed by atoms with Crippen LogP contribution < -0.4 is 15.4 Å². The third kappa shape index (κ3) is 4.49. The summed E-state index contributed by atoms with van der Waals surface area (Å²) in [6.07, 6.45) is 0. The van der Waals surface area contributed by atoms with Crippen molar-refractivity contribution < 1.29 is 28.7 Å². The molecule has 2 N–H and O–H groups in total. The Labute approximate surface area is 154 Å². The normalized spacial score (nSPS) is 12.3. The second-order valence-corrected chi connectivity index (χ2v) is 5.81. The average Bonchev–Trinajstić information content (AvgIpc) is 2.65. The Morgan fingerprint density at radius 2 is 1.81 bits per heavy atom. The summed E-state index contributed by atoms with van der Waals surface area (Å²) in [6.45, 7) is 0.866. The number of hydrogen-bond acceptors (Lipinski definition) is 6. The van der Waals surface area contributed by atoms with Gasteiger partial charge in [-0.25, -0.2) is 4.79 Å². The largest absolute Gasteiger partial charge is 0.482 e. The van der Waals surface area contributed by atoms with Gasteiger partial charge in [-0.3, -0.25) is 14.4 Å². The van der Waals surface area contributed by atoms with Crippen LogP contribution in [-0.4, -0.2) is 36.8 Å². The van der Waals surface area contributed by atoms with Crippen molar-refractivity contribution in [1.29, 1.82) is 0 Å². The van der Waals surface area contributed by atoms with Crippen molar-refractivity contribution in [2.75, 3.05) is 23.8 Å². The van der Waals surface area contributed by atoms with Crippen molar-refractivity contribution in [2.24, 2.45) is 0 Å². The maximum absolute atomic E-state index is 12.2. The van der Waals surface area contributed by atoms with Crippen LogP contribution >= 0.6 is 0 Å². The lowest BCUT2D eigenvalue weighted by Crippen LogP contribution is -2.25. The minimum absolute atomic E-state index is 0.0708. The van der Waals surface area contributed by atoms with Crippen molar-refractivity contribution in [3.05, 3.63) is 53.6 Å². The molecule has 0 bridgehead atoms. The first-order valence-corrected chi connectivity index (χ1v) is 8.07. The minimum atomic E-state index is -0.660. The molecule has 0 atom stereocenters. The smallest absolute Gasteiger partial charge is 0.338 e. The summed E-state index contributed by atoms with van der Waals surface area (Å²) in [7, 11) is 0. The van der Waals surface area contributed by atoms with E-state index in [4.69, 9.17) is 9.47 Å². The van der Waals surface area contributed by atoms with Gasteiger partial charge >= 0.3 is 5.97 Å². The first-order chi connectivity index (χ1) is 12.9. The van der Waals surface area contributed by atoms with Crippen LogP contribution in [0.5, 0.6) is 5.75 Å². The van der Waals surface area contributed by atoms with Crippen LogP contribution in [0, 0.1) is 0 Å². The number of Topliss-reactive ketones (excluding diaryl/α,β-unsaturated/α-hetero) is 1. The fraction of sp³-hybridized carbons (Fsp3) is 0.158. The Bertz CT molecular complexity index is 920. The Balaban J connectivity index is 1.60. The average molecular weight is 368 g/mol. The van der Waals surface area contributed by atoms with E-state index in [1.807, 2.05) is 0 Å². The van der Waals surface area contributed by atoms with Crippen molar-refractivity contribution in [3.63, 3.8) is 0 Å². The highest BCUT2D eigenvalue weighted by Gasteiger charge is 2.18. The van der Waals surface area contributed by atoms with Crippen molar-refractivity contribution >= 4 is 34.9 Å². The van der Waals surface area contributed by atoms with E-state index >= 15 is 0 Å². The van der Waals surface area contributed by atoms with Gasteiger partial charge in [0.1, 0.15) is 5.75 Å². The molecule has 1 heterocycles. The van der Waals surface area contributed by atoms with Gasteiger partial charge in [-0.05, 0) is 42.5 Å². The second-order valence-electron chi connectivity index (χ2n) is 5.81. The van der Waals surface area contributed by atoms with Crippen LogP contribution in [-0.2, 0) is 14.3 Å². The number of esters is 1. The van der Waals surface area contributed by atoms with Crippen molar-refractivity contribution in [2.45, 2.75) is 6.92 Å². The number of anilines is 2. The Morgan fingerprint density at radius 1 is 1.11 bits per heavy atom. The molecule has 0 aliphatic carbocycles. The highest BCUT2D eigenvalue weighted by atomic mass is 16.5. The third-order valence-electron chi connectivity index (χ3n) is 3.71. The number of hydrogen-bond donors (Lipinski definition) is 2. The molecule has 1 aliphatic rings. The van der Waals surface area contributed by atoms with Gasteiger partial charge < -0.3 is 20.1 Å². The van der Waals surface area contributed by atoms with Gasteiger partial charge in [-0.1, -0.05) is 0 Å². The zero-order chi connectivity index (χ0) is 19.4. The fourth-order valence-corrected chi connectivity index (χ4v) is 2.45. The standard InChI is InChI=1S/C19H16N2O6/c1-11(22)20-14-5-2-12(3-6-14)19(25)27-9-16(23)13-4-7-17-15(8-13)21-18(24)10-26-17/h2-8H,9-10H2,1H3,(H,20,22)(H,21,24). The van der Waals surface area contributed by atoms with Crippen LogP contribution in [0.1, 0.15) is 27.6 Å². The Hall–Kier alpha value is -3.68. The van der Waals surface area contributed by atoms with Crippen molar-refractivity contribution in [1.82, 2.24) is 0 Å². The summed E-state index contributed by atoms with van der Waals surface area (Å²) in [4.78, 5) is 46.6. The zero-order valence-corrected chi connectivity index (χ0v) is 14.4. The number of rotatable bonds is 5. The molecule has 0 spiro atoms. The Kier molecular flexibility index (Phi) is 5.16. The van der Waals surface area contributed by atoms with E-state index in [9.17, 15) is 19.2 Å². The maximum Gasteiger partial charge on any atom is 0.338 e. The number of benzene rings is 2. The van der Waals surface area contributed by atoms with E-state index in [0.29, 0.717) is 17.1 Å². The SMILES string of the molecule is CC(=O)Nc1ccc(C(=O)OCC(=O)c2ccc3c(c2)NC(=O)CO3)cc1. The number of nitrogens with one attached hydrogen (secondary N) is 2. The lowest BCUT2D eigenvalue weighted by Gasteiger charge is -2.18. The molecule has 27 heavy (non-hydrogen) atoms. The highest BCUT2D eigenvalue weighted by Crippen LogP contribution is 2.28. The summed E-state index contributed by atoms with van der Waals surface area (Å²) >= 11 is 0. The van der Waals surface area contributed by atoms with Crippen LogP contribution in [0.3, 0.4) is 0 Å². The molecule has 0 saturated carbocycles. The third-order valence-corrected chi connectivity index (χ3v) is 3.71. The number of carbonyl (C=O) groups is 4. The fourth-order valence-electron chi connectivity index (χ4n) is 2.45. The first-order valence-electron chi connectivity index (χ1n) is 8.07. The van der Waals surface area contributed by atoms with E-state index in [1.165, 1.54) is 31.2 Å². The molecule has 0 radical (unpaired) electrons. The van der Waals surface area contributed by atoms with E-state index in [2.05, 4.69) is 10.6 Å². The molecule has 2 amide bonds. The van der Waals surface area contributed by atoms with Gasteiger partial charge in [0, 0.05) is 18.2 Å². The molecule has 0 saturated heterocycles. The van der Waals surface area contributed by atoms with Gasteiger partial charge in [0.25, 0.3) is 5.91 Å². The van der Waals surface area contributed by atoms with Crippen molar-refractivity contribution in [3.8, 4) is 5.75 Å². The number of ether oxygens (including phenoxy) is 2. The number of ketones is 1. The number of fused-ring (bicyclic) bond motifs is 1. The molecule has 8 heteroatoms. The first kappa shape index (κ1) is 18.1. The lowest BCUT2D eigenvalue weighted by molar-refractivity contribution is -0.118. The molecule has 0 unspecified atom stereocenters. The molecule has 3 rings (SSSR count). The summed E-state index contributed by atoms with van der Waals surface area (Å²) in [5.74, 6) is -1.13. The van der Waals surface area contributed by atoms with E-state index in [1.54, 1.807) is 18.2 Å². The molecule has 2 aromatic carbocycles. The van der Waals surface area contributed by atoms with Gasteiger partial charge in [0.2, 0.25) is 5.91 Å². The van der Waals surface area contributed by atoms with Crippen LogP contribution in [0.2, 0.25) is 0 Å². The zero-order valence-electron chi connectivity index (χ0n) is 14.4. The lowest BCUT2D eigenvalue weighted by atomic mass is 10.1. The predicted molar refractivity (Wildman–Crippen MR) is 95.9 cm³/mol. The predicted octanol–water partition coefficient (Wildman–Crippen LogP) is 2.02. The number of carbonyl (C=O) groups excluding carboxylic acids is 4. The van der Waals surface area contributed by atoms with Crippen LogP contribution in [0.15, 0.2) is 42.5 Å². The molecule has 8 nitrogen and oxygen atoms in total. The molecule has 1 aliphatic heterocycles. The highest BCUT2D eigenvalue weighted by molar-refractivity contribution is 6.02. The summed E-state index contributed by atoms with van der Waals surface area (Å²) < 4.78 is 10.3. The van der Waals surface area contributed by atoms with Gasteiger partial charge in [-0.2, -0.15) is 0 Å². The molecular formula is C19H16N2O6. The molecular weight excluding hydrogens is 352 g/mol. The molecule has 138 valence electrons. The number of amides is 2.